The van der Waals surface area contributed by atoms with Crippen molar-refractivity contribution in [3.63, 3.8) is 0 Å². The first-order chi connectivity index (χ1) is 6.67. The lowest BCUT2D eigenvalue weighted by Gasteiger charge is -2.02. The van der Waals surface area contributed by atoms with Gasteiger partial charge in [0.1, 0.15) is 5.82 Å². The lowest BCUT2D eigenvalue weighted by molar-refractivity contribution is 0.0593. The molecule has 0 saturated carbocycles. The summed E-state index contributed by atoms with van der Waals surface area (Å²) in [5.74, 6) is 0.595. The third-order valence-corrected chi connectivity index (χ3v) is 2.12. The molecule has 76 valence electrons. The molecule has 0 atom stereocenters. The number of nitrogen functional groups attached to an aromatic ring is 1. The molecule has 0 spiro atoms. The van der Waals surface area contributed by atoms with E-state index in [1.165, 1.54) is 24.9 Å². The van der Waals surface area contributed by atoms with Crippen LogP contribution in [0.5, 0.6) is 0 Å². The SMILES string of the molecule is CCSc1nc(N)cc(C(=O)OC)n1. The van der Waals surface area contributed by atoms with Crippen LogP contribution in [-0.4, -0.2) is 28.8 Å². The number of hydrogen-bond acceptors (Lipinski definition) is 6. The van der Waals surface area contributed by atoms with Gasteiger partial charge in [0, 0.05) is 6.07 Å². The van der Waals surface area contributed by atoms with Gasteiger partial charge < -0.3 is 10.5 Å². The van der Waals surface area contributed by atoms with Crippen molar-refractivity contribution < 1.29 is 9.53 Å². The molecule has 1 aromatic rings. The van der Waals surface area contributed by atoms with E-state index >= 15 is 0 Å². The molecule has 1 heterocycles. The van der Waals surface area contributed by atoms with E-state index in [2.05, 4.69) is 14.7 Å². The Morgan fingerprint density at radius 3 is 2.93 bits per heavy atom. The summed E-state index contributed by atoms with van der Waals surface area (Å²) in [7, 11) is 1.30. The predicted octanol–water partition coefficient (Wildman–Crippen LogP) is 0.957. The summed E-state index contributed by atoms with van der Waals surface area (Å²) in [6.07, 6.45) is 0. The van der Waals surface area contributed by atoms with Crippen LogP contribution in [0.25, 0.3) is 0 Å². The van der Waals surface area contributed by atoms with Gasteiger partial charge in [0.05, 0.1) is 7.11 Å². The van der Waals surface area contributed by atoms with E-state index in [1.54, 1.807) is 0 Å². The van der Waals surface area contributed by atoms with Gasteiger partial charge in [0.15, 0.2) is 10.9 Å². The first kappa shape index (κ1) is 10.8. The smallest absolute Gasteiger partial charge is 0.356 e. The van der Waals surface area contributed by atoms with Gasteiger partial charge in [-0.3, -0.25) is 0 Å². The second kappa shape index (κ2) is 4.80. The number of methoxy groups -OCH3 is 1. The van der Waals surface area contributed by atoms with Crippen LogP contribution >= 0.6 is 11.8 Å². The van der Waals surface area contributed by atoms with Gasteiger partial charge in [-0.2, -0.15) is 0 Å². The lowest BCUT2D eigenvalue weighted by Crippen LogP contribution is -2.07. The van der Waals surface area contributed by atoms with Crippen LogP contribution in [0.3, 0.4) is 0 Å². The van der Waals surface area contributed by atoms with Crippen molar-refractivity contribution in [3.05, 3.63) is 11.8 Å². The van der Waals surface area contributed by atoms with Crippen molar-refractivity contribution in [2.24, 2.45) is 0 Å². The Morgan fingerprint density at radius 1 is 1.64 bits per heavy atom. The van der Waals surface area contributed by atoms with Crippen molar-refractivity contribution in [2.45, 2.75) is 12.1 Å². The first-order valence-electron chi connectivity index (χ1n) is 4.03. The molecule has 0 bridgehead atoms. The normalized spacial score (nSPS) is 9.86. The fraction of sp³-hybridized carbons (Fsp3) is 0.375. The molecule has 0 aromatic carbocycles. The van der Waals surface area contributed by atoms with Crippen molar-refractivity contribution in [3.8, 4) is 0 Å². The number of nitrogens with zero attached hydrogens (tertiary/aromatic N) is 2. The molecule has 0 radical (unpaired) electrons. The second-order valence-electron chi connectivity index (χ2n) is 2.39. The van der Waals surface area contributed by atoms with Gasteiger partial charge in [-0.15, -0.1) is 0 Å². The highest BCUT2D eigenvalue weighted by atomic mass is 32.2. The summed E-state index contributed by atoms with van der Waals surface area (Å²) >= 11 is 1.42. The van der Waals surface area contributed by atoms with Gasteiger partial charge in [-0.05, 0) is 5.75 Å². The number of carbonyl (C=O) groups excluding carboxylic acids is 1. The maximum absolute atomic E-state index is 11.1. The Morgan fingerprint density at radius 2 is 2.36 bits per heavy atom. The summed E-state index contributed by atoms with van der Waals surface area (Å²) in [4.78, 5) is 19.1. The zero-order valence-corrected chi connectivity index (χ0v) is 8.80. The number of anilines is 1. The minimum Gasteiger partial charge on any atom is -0.464 e. The van der Waals surface area contributed by atoms with Crippen LogP contribution in [0.15, 0.2) is 11.2 Å². The van der Waals surface area contributed by atoms with Gasteiger partial charge in [-0.1, -0.05) is 18.7 Å². The average molecular weight is 213 g/mol. The van der Waals surface area contributed by atoms with Crippen LogP contribution in [0, 0.1) is 0 Å². The number of thioether (sulfide) groups is 1. The molecular formula is C8H11N3O2S. The molecule has 0 aliphatic heterocycles. The topological polar surface area (TPSA) is 78.1 Å². The van der Waals surface area contributed by atoms with Crippen molar-refractivity contribution in [1.29, 1.82) is 0 Å². The van der Waals surface area contributed by atoms with Gasteiger partial charge >= 0.3 is 5.97 Å². The largest absolute Gasteiger partial charge is 0.464 e. The molecule has 0 fully saturated rings. The minimum atomic E-state index is -0.503. The molecule has 0 unspecified atom stereocenters. The number of hydrogen-bond donors (Lipinski definition) is 1. The Labute approximate surface area is 86.1 Å². The number of rotatable bonds is 3. The molecule has 5 nitrogen and oxygen atoms in total. The molecule has 6 heteroatoms. The van der Waals surface area contributed by atoms with E-state index < -0.39 is 5.97 Å². The molecule has 14 heavy (non-hydrogen) atoms. The highest BCUT2D eigenvalue weighted by Gasteiger charge is 2.10. The summed E-state index contributed by atoms with van der Waals surface area (Å²) < 4.78 is 4.53. The van der Waals surface area contributed by atoms with E-state index in [0.717, 1.165) is 5.75 Å². The van der Waals surface area contributed by atoms with Crippen LogP contribution in [0.2, 0.25) is 0 Å². The van der Waals surface area contributed by atoms with Gasteiger partial charge in [0.25, 0.3) is 0 Å². The maximum atomic E-state index is 11.1. The van der Waals surface area contributed by atoms with E-state index in [9.17, 15) is 4.79 Å². The number of esters is 1. The Bertz CT molecular complexity index is 343. The summed E-state index contributed by atoms with van der Waals surface area (Å²) in [5.41, 5.74) is 5.70. The van der Waals surface area contributed by atoms with Crippen molar-refractivity contribution >= 4 is 23.5 Å². The van der Waals surface area contributed by atoms with Crippen LogP contribution in [-0.2, 0) is 4.74 Å². The van der Waals surface area contributed by atoms with Crippen molar-refractivity contribution in [1.82, 2.24) is 9.97 Å². The third kappa shape index (κ3) is 2.59. The van der Waals surface area contributed by atoms with Crippen molar-refractivity contribution in [2.75, 3.05) is 18.6 Å². The van der Waals surface area contributed by atoms with Crippen LogP contribution < -0.4 is 5.73 Å². The highest BCUT2D eigenvalue weighted by molar-refractivity contribution is 7.99. The average Bonchev–Trinajstić information content (AvgIpc) is 2.16. The highest BCUT2D eigenvalue weighted by Crippen LogP contribution is 2.14. The monoisotopic (exact) mass is 213 g/mol. The van der Waals surface area contributed by atoms with E-state index in [0.29, 0.717) is 5.16 Å². The molecule has 0 saturated heterocycles. The second-order valence-corrected chi connectivity index (χ2v) is 3.62. The van der Waals surface area contributed by atoms with Gasteiger partial charge in [-0.25, -0.2) is 14.8 Å². The number of nitrogens with two attached hydrogens (primary N) is 1. The standard InChI is InChI=1S/C8H11N3O2S/c1-3-14-8-10-5(7(12)13-2)4-6(9)11-8/h4H,3H2,1-2H3,(H2,9,10,11). The first-order valence-corrected chi connectivity index (χ1v) is 5.01. The number of carbonyl (C=O) groups is 1. The van der Waals surface area contributed by atoms with Crippen LogP contribution in [0.4, 0.5) is 5.82 Å². The van der Waals surface area contributed by atoms with E-state index in [1.807, 2.05) is 6.92 Å². The Hall–Kier alpha value is -1.30. The predicted molar refractivity (Wildman–Crippen MR) is 54.2 cm³/mol. The summed E-state index contributed by atoms with van der Waals surface area (Å²) in [6, 6.07) is 1.39. The quantitative estimate of drug-likeness (QED) is 0.457. The van der Waals surface area contributed by atoms with E-state index in [4.69, 9.17) is 5.73 Å². The molecular weight excluding hydrogens is 202 g/mol. The minimum absolute atomic E-state index is 0.191. The van der Waals surface area contributed by atoms with E-state index in [-0.39, 0.29) is 11.5 Å². The molecule has 1 aromatic heterocycles. The Balaban J connectivity index is 3.00. The molecule has 0 aliphatic carbocycles. The van der Waals surface area contributed by atoms with Gasteiger partial charge in [0.2, 0.25) is 0 Å². The number of aromatic nitrogens is 2. The molecule has 1 rings (SSSR count). The number of ether oxygens (including phenoxy) is 1. The maximum Gasteiger partial charge on any atom is 0.356 e. The molecule has 0 aliphatic rings. The zero-order valence-electron chi connectivity index (χ0n) is 7.98. The summed E-state index contributed by atoms with van der Waals surface area (Å²) in [5, 5.41) is 0.493. The summed E-state index contributed by atoms with van der Waals surface area (Å²) in [6.45, 7) is 1.97. The molecule has 0 amide bonds. The fourth-order valence-electron chi connectivity index (χ4n) is 0.846. The third-order valence-electron chi connectivity index (χ3n) is 1.39. The fourth-order valence-corrected chi connectivity index (χ4v) is 1.44. The zero-order chi connectivity index (χ0) is 10.6. The molecule has 2 N–H and O–H groups in total. The van der Waals surface area contributed by atoms with Crippen LogP contribution in [0.1, 0.15) is 17.4 Å². The Kier molecular flexibility index (Phi) is 3.70. The lowest BCUT2D eigenvalue weighted by atomic mass is 10.4.